The molecule has 0 unspecified atom stereocenters. The molecule has 112 valence electrons. The molecule has 1 aromatic carbocycles. The van der Waals surface area contributed by atoms with Crippen LogP contribution in [-0.4, -0.2) is 19.6 Å². The van der Waals surface area contributed by atoms with E-state index in [4.69, 9.17) is 11.6 Å². The van der Waals surface area contributed by atoms with Gasteiger partial charge in [0.2, 0.25) is 0 Å². The highest BCUT2D eigenvalue weighted by Crippen LogP contribution is 2.31. The number of halogens is 1. The van der Waals surface area contributed by atoms with Crippen LogP contribution in [0.5, 0.6) is 0 Å². The normalized spacial score (nSPS) is 11.0. The molecule has 4 rings (SSSR count). The predicted molar refractivity (Wildman–Crippen MR) is 91.4 cm³/mol. The van der Waals surface area contributed by atoms with Crippen LogP contribution in [0.1, 0.15) is 5.56 Å². The van der Waals surface area contributed by atoms with Gasteiger partial charge in [-0.2, -0.15) is 5.10 Å². The number of pyridine rings is 1. The van der Waals surface area contributed by atoms with E-state index in [1.807, 2.05) is 47.1 Å². The largest absolute Gasteiger partial charge is 0.264 e. The van der Waals surface area contributed by atoms with E-state index < -0.39 is 0 Å². The average molecular weight is 321 g/mol. The van der Waals surface area contributed by atoms with Gasteiger partial charge in [-0.15, -0.1) is 0 Å². The first-order chi connectivity index (χ1) is 11.3. The van der Waals surface area contributed by atoms with Crippen LogP contribution in [0.2, 0.25) is 5.02 Å². The van der Waals surface area contributed by atoms with E-state index in [0.29, 0.717) is 5.02 Å². The minimum absolute atomic E-state index is 0.680. The van der Waals surface area contributed by atoms with Crippen molar-refractivity contribution in [3.63, 3.8) is 0 Å². The fourth-order valence-corrected chi connectivity index (χ4v) is 2.94. The molecule has 3 heterocycles. The van der Waals surface area contributed by atoms with Gasteiger partial charge in [-0.25, -0.2) is 9.50 Å². The predicted octanol–water partition coefficient (Wildman–Crippen LogP) is 4.42. The monoisotopic (exact) mass is 320 g/mol. The van der Waals surface area contributed by atoms with E-state index in [9.17, 15) is 0 Å². The lowest BCUT2D eigenvalue weighted by Gasteiger charge is -2.07. The first kappa shape index (κ1) is 13.9. The lowest BCUT2D eigenvalue weighted by molar-refractivity contribution is 0.944. The fourth-order valence-electron chi connectivity index (χ4n) is 2.70. The second kappa shape index (κ2) is 5.48. The summed E-state index contributed by atoms with van der Waals surface area (Å²) < 4.78 is 1.82. The summed E-state index contributed by atoms with van der Waals surface area (Å²) in [4.78, 5) is 8.80. The summed E-state index contributed by atoms with van der Waals surface area (Å²) in [7, 11) is 0. The van der Waals surface area contributed by atoms with E-state index in [0.717, 1.165) is 33.6 Å². The summed E-state index contributed by atoms with van der Waals surface area (Å²) in [6, 6.07) is 11.6. The highest BCUT2D eigenvalue weighted by atomic mass is 35.5. The third-order valence-corrected chi connectivity index (χ3v) is 4.21. The van der Waals surface area contributed by atoms with Gasteiger partial charge in [-0.3, -0.25) is 4.98 Å². The SMILES string of the molecule is Cc1ccncc1-c1ccnn2c(-c3ccccc3Cl)cnc12. The van der Waals surface area contributed by atoms with E-state index >= 15 is 0 Å². The third-order valence-electron chi connectivity index (χ3n) is 3.88. The molecule has 0 fully saturated rings. The minimum Gasteiger partial charge on any atom is -0.264 e. The van der Waals surface area contributed by atoms with Crippen LogP contribution in [0.25, 0.3) is 28.0 Å². The fraction of sp³-hybridized carbons (Fsp3) is 0.0556. The molecule has 0 spiro atoms. The molecule has 0 saturated heterocycles. The average Bonchev–Trinajstić information content (AvgIpc) is 3.00. The zero-order valence-corrected chi connectivity index (χ0v) is 13.2. The summed E-state index contributed by atoms with van der Waals surface area (Å²) in [6.45, 7) is 2.06. The van der Waals surface area contributed by atoms with Crippen LogP contribution in [0.15, 0.2) is 61.2 Å². The van der Waals surface area contributed by atoms with E-state index in [2.05, 4.69) is 22.0 Å². The Labute approximate surface area is 138 Å². The van der Waals surface area contributed by atoms with Crippen LogP contribution in [0.4, 0.5) is 0 Å². The van der Waals surface area contributed by atoms with Crippen LogP contribution in [0, 0.1) is 6.92 Å². The Balaban J connectivity index is 1.98. The number of rotatable bonds is 2. The zero-order chi connectivity index (χ0) is 15.8. The van der Waals surface area contributed by atoms with Gasteiger partial charge < -0.3 is 0 Å². The van der Waals surface area contributed by atoms with Crippen molar-refractivity contribution in [2.75, 3.05) is 0 Å². The van der Waals surface area contributed by atoms with Crippen LogP contribution in [0.3, 0.4) is 0 Å². The highest BCUT2D eigenvalue weighted by Gasteiger charge is 2.14. The topological polar surface area (TPSA) is 43.1 Å². The molecule has 0 aliphatic rings. The lowest BCUT2D eigenvalue weighted by Crippen LogP contribution is -1.97. The maximum absolute atomic E-state index is 6.32. The maximum atomic E-state index is 6.32. The molecule has 4 nitrogen and oxygen atoms in total. The second-order valence-electron chi connectivity index (χ2n) is 5.29. The Kier molecular flexibility index (Phi) is 3.32. The van der Waals surface area contributed by atoms with E-state index in [1.165, 1.54) is 0 Å². The van der Waals surface area contributed by atoms with Crippen molar-refractivity contribution in [2.24, 2.45) is 0 Å². The highest BCUT2D eigenvalue weighted by molar-refractivity contribution is 6.33. The van der Waals surface area contributed by atoms with Crippen molar-refractivity contribution in [1.82, 2.24) is 19.6 Å². The Hall–Kier alpha value is -2.72. The number of benzene rings is 1. The van der Waals surface area contributed by atoms with Gasteiger partial charge in [0.25, 0.3) is 0 Å². The summed E-state index contributed by atoms with van der Waals surface area (Å²) in [5.41, 5.74) is 5.78. The van der Waals surface area contributed by atoms with Gasteiger partial charge in [0.1, 0.15) is 0 Å². The first-order valence-electron chi connectivity index (χ1n) is 7.24. The van der Waals surface area contributed by atoms with Gasteiger partial charge >= 0.3 is 0 Å². The summed E-state index contributed by atoms with van der Waals surface area (Å²) >= 11 is 6.32. The van der Waals surface area contributed by atoms with Gasteiger partial charge in [0.15, 0.2) is 5.65 Å². The van der Waals surface area contributed by atoms with Gasteiger partial charge in [-0.1, -0.05) is 29.8 Å². The molecule has 0 saturated carbocycles. The van der Waals surface area contributed by atoms with E-state index in [-0.39, 0.29) is 0 Å². The molecule has 0 N–H and O–H groups in total. The number of nitrogens with zero attached hydrogens (tertiary/aromatic N) is 4. The zero-order valence-electron chi connectivity index (χ0n) is 12.4. The summed E-state index contributed by atoms with van der Waals surface area (Å²) in [6.07, 6.45) is 7.22. The van der Waals surface area contributed by atoms with Crippen LogP contribution < -0.4 is 0 Å². The smallest absolute Gasteiger partial charge is 0.162 e. The number of aromatic nitrogens is 4. The van der Waals surface area contributed by atoms with Crippen molar-refractivity contribution in [3.8, 4) is 22.4 Å². The Morgan fingerprint density at radius 1 is 0.913 bits per heavy atom. The molecule has 4 aromatic rings. The van der Waals surface area contributed by atoms with Gasteiger partial charge in [0.05, 0.1) is 16.9 Å². The number of hydrogen-bond donors (Lipinski definition) is 0. The van der Waals surface area contributed by atoms with Crippen LogP contribution >= 0.6 is 11.6 Å². The molecule has 0 atom stereocenters. The quantitative estimate of drug-likeness (QED) is 0.549. The molecule has 0 aliphatic heterocycles. The van der Waals surface area contributed by atoms with Crippen molar-refractivity contribution in [2.45, 2.75) is 6.92 Å². The molecule has 0 amide bonds. The van der Waals surface area contributed by atoms with Gasteiger partial charge in [0, 0.05) is 35.3 Å². The molecule has 0 radical (unpaired) electrons. The third kappa shape index (κ3) is 2.28. The van der Waals surface area contributed by atoms with Crippen molar-refractivity contribution in [3.05, 3.63) is 71.8 Å². The molecule has 0 bridgehead atoms. The van der Waals surface area contributed by atoms with Crippen molar-refractivity contribution < 1.29 is 0 Å². The Morgan fingerprint density at radius 3 is 2.61 bits per heavy atom. The summed E-state index contributed by atoms with van der Waals surface area (Å²) in [5, 5.41) is 5.13. The lowest BCUT2D eigenvalue weighted by atomic mass is 10.1. The molecule has 3 aromatic heterocycles. The maximum Gasteiger partial charge on any atom is 0.162 e. The number of aryl methyl sites for hydroxylation is 1. The molecular formula is C18H13ClN4. The Morgan fingerprint density at radius 2 is 1.78 bits per heavy atom. The molecule has 0 aliphatic carbocycles. The molecule has 5 heteroatoms. The number of hydrogen-bond acceptors (Lipinski definition) is 3. The Bertz CT molecular complexity index is 1010. The molecular weight excluding hydrogens is 308 g/mol. The van der Waals surface area contributed by atoms with Crippen LogP contribution in [-0.2, 0) is 0 Å². The van der Waals surface area contributed by atoms with Crippen molar-refractivity contribution in [1.29, 1.82) is 0 Å². The van der Waals surface area contributed by atoms with Gasteiger partial charge in [-0.05, 0) is 30.7 Å². The standard InChI is InChI=1S/C18H13ClN4/c1-12-6-8-20-10-15(12)13-7-9-22-23-17(11-21-18(13)23)14-4-2-3-5-16(14)19/h2-11H,1H3. The second-order valence-corrected chi connectivity index (χ2v) is 5.70. The number of imidazole rings is 1. The minimum atomic E-state index is 0.680. The summed E-state index contributed by atoms with van der Waals surface area (Å²) in [5.74, 6) is 0. The first-order valence-corrected chi connectivity index (χ1v) is 7.62. The van der Waals surface area contributed by atoms with E-state index in [1.54, 1.807) is 18.6 Å². The number of fused-ring (bicyclic) bond motifs is 1. The molecule has 23 heavy (non-hydrogen) atoms. The van der Waals surface area contributed by atoms with Crippen molar-refractivity contribution >= 4 is 17.2 Å².